The van der Waals surface area contributed by atoms with Crippen LogP contribution < -0.4 is 0 Å². The van der Waals surface area contributed by atoms with Gasteiger partial charge in [0.25, 0.3) is 0 Å². The Kier molecular flexibility index (Phi) is 10.2. The van der Waals surface area contributed by atoms with Gasteiger partial charge < -0.3 is 0 Å². The number of allylic oxidation sites excluding steroid dienone is 6. The molecule has 176 valence electrons. The maximum Gasteiger partial charge on any atom is 0.166 e. The van der Waals surface area contributed by atoms with Crippen LogP contribution in [0.1, 0.15) is 108 Å². The van der Waals surface area contributed by atoms with Crippen LogP contribution in [0.25, 0.3) is 5.57 Å². The highest BCUT2D eigenvalue weighted by atomic mass is 19.2. The van der Waals surface area contributed by atoms with Crippen LogP contribution in [0.3, 0.4) is 0 Å². The van der Waals surface area contributed by atoms with E-state index < -0.39 is 11.6 Å². The molecule has 32 heavy (non-hydrogen) atoms. The van der Waals surface area contributed by atoms with Gasteiger partial charge in [0.1, 0.15) is 0 Å². The summed E-state index contributed by atoms with van der Waals surface area (Å²) in [6.07, 6.45) is 24.6. The summed E-state index contributed by atoms with van der Waals surface area (Å²) in [7, 11) is 0. The summed E-state index contributed by atoms with van der Waals surface area (Å²) in [5, 5.41) is 0. The summed E-state index contributed by atoms with van der Waals surface area (Å²) in [5.41, 5.74) is 3.59. The molecule has 1 aromatic rings. The van der Waals surface area contributed by atoms with E-state index in [0.29, 0.717) is 29.4 Å². The Balaban J connectivity index is 1.46. The molecule has 0 heterocycles. The van der Waals surface area contributed by atoms with Crippen molar-refractivity contribution in [1.82, 2.24) is 0 Å². The number of hydrogen-bond donors (Lipinski definition) is 0. The second-order valence-corrected chi connectivity index (χ2v) is 9.85. The lowest BCUT2D eigenvalue weighted by atomic mass is 9.85. The summed E-state index contributed by atoms with van der Waals surface area (Å²) >= 11 is 0. The molecule has 0 aliphatic heterocycles. The lowest BCUT2D eigenvalue weighted by Crippen LogP contribution is -2.06. The number of benzene rings is 1. The molecule has 0 nitrogen and oxygen atoms in total. The van der Waals surface area contributed by atoms with Crippen molar-refractivity contribution in [2.75, 3.05) is 0 Å². The van der Waals surface area contributed by atoms with Crippen molar-refractivity contribution in [3.05, 3.63) is 64.8 Å². The Hall–Kier alpha value is -1.70. The highest BCUT2D eigenvalue weighted by Gasteiger charge is 2.19. The molecule has 0 fully saturated rings. The third-order valence-electron chi connectivity index (χ3n) is 7.49. The first-order chi connectivity index (χ1) is 15.6. The first-order valence-corrected chi connectivity index (χ1v) is 13.1. The molecule has 2 heteroatoms. The van der Waals surface area contributed by atoms with Gasteiger partial charge in [-0.15, -0.1) is 0 Å². The van der Waals surface area contributed by atoms with Crippen LogP contribution in [0.4, 0.5) is 8.78 Å². The molecule has 2 aliphatic carbocycles. The van der Waals surface area contributed by atoms with Crippen molar-refractivity contribution < 1.29 is 8.78 Å². The van der Waals surface area contributed by atoms with E-state index in [-0.39, 0.29) is 0 Å². The third-order valence-corrected chi connectivity index (χ3v) is 7.49. The molecule has 2 atom stereocenters. The molecular weight excluding hydrogens is 398 g/mol. The van der Waals surface area contributed by atoms with Crippen molar-refractivity contribution in [2.45, 2.75) is 104 Å². The van der Waals surface area contributed by atoms with Gasteiger partial charge in [0.05, 0.1) is 0 Å². The predicted octanol–water partition coefficient (Wildman–Crippen LogP) is 9.74. The van der Waals surface area contributed by atoms with Crippen molar-refractivity contribution in [2.24, 2.45) is 11.8 Å². The SMILES string of the molecule is CCCCCCC1=CCC(/C=C/CCc2ccc(C3=CCC(CC)CC3)c(F)c2F)CC1. The van der Waals surface area contributed by atoms with Gasteiger partial charge in [0, 0.05) is 5.56 Å². The molecule has 0 N–H and O–H groups in total. The summed E-state index contributed by atoms with van der Waals surface area (Å²) in [6.45, 7) is 4.46. The highest BCUT2D eigenvalue weighted by Crippen LogP contribution is 2.34. The molecule has 1 aromatic carbocycles. The molecule has 0 bridgehead atoms. The zero-order valence-corrected chi connectivity index (χ0v) is 20.3. The van der Waals surface area contributed by atoms with E-state index in [1.54, 1.807) is 17.7 Å². The fourth-order valence-corrected chi connectivity index (χ4v) is 5.15. The van der Waals surface area contributed by atoms with Crippen LogP contribution in [0.2, 0.25) is 0 Å². The number of rotatable bonds is 11. The second-order valence-electron chi connectivity index (χ2n) is 9.85. The number of aryl methyl sites for hydroxylation is 1. The van der Waals surface area contributed by atoms with E-state index >= 15 is 0 Å². The van der Waals surface area contributed by atoms with E-state index in [0.717, 1.165) is 44.1 Å². The molecule has 0 aromatic heterocycles. The predicted molar refractivity (Wildman–Crippen MR) is 134 cm³/mol. The van der Waals surface area contributed by atoms with Crippen LogP contribution >= 0.6 is 0 Å². The molecular formula is C30H42F2. The van der Waals surface area contributed by atoms with E-state index in [9.17, 15) is 8.78 Å². The fourth-order valence-electron chi connectivity index (χ4n) is 5.15. The Morgan fingerprint density at radius 2 is 1.78 bits per heavy atom. The van der Waals surface area contributed by atoms with Gasteiger partial charge in [-0.25, -0.2) is 8.78 Å². The van der Waals surface area contributed by atoms with Gasteiger partial charge in [-0.1, -0.05) is 81.5 Å². The van der Waals surface area contributed by atoms with Crippen molar-refractivity contribution >= 4 is 5.57 Å². The minimum atomic E-state index is -0.656. The van der Waals surface area contributed by atoms with Crippen molar-refractivity contribution in [1.29, 1.82) is 0 Å². The smallest absolute Gasteiger partial charge is 0.166 e. The Morgan fingerprint density at radius 1 is 0.906 bits per heavy atom. The van der Waals surface area contributed by atoms with Gasteiger partial charge >= 0.3 is 0 Å². The van der Waals surface area contributed by atoms with Gasteiger partial charge in [-0.3, -0.25) is 0 Å². The molecule has 0 spiro atoms. The van der Waals surface area contributed by atoms with Gasteiger partial charge in [-0.05, 0) is 87.2 Å². The number of halogens is 2. The van der Waals surface area contributed by atoms with E-state index in [4.69, 9.17) is 0 Å². The molecule has 2 aliphatic rings. The van der Waals surface area contributed by atoms with Crippen molar-refractivity contribution in [3.8, 4) is 0 Å². The average molecular weight is 441 g/mol. The Bertz CT molecular complexity index is 814. The Labute approximate surface area is 194 Å². The van der Waals surface area contributed by atoms with E-state index in [2.05, 4.69) is 38.2 Å². The Morgan fingerprint density at radius 3 is 2.47 bits per heavy atom. The lowest BCUT2D eigenvalue weighted by molar-refractivity contribution is 0.466. The summed E-state index contributed by atoms with van der Waals surface area (Å²) in [6, 6.07) is 3.59. The van der Waals surface area contributed by atoms with Gasteiger partial charge in [0.2, 0.25) is 0 Å². The molecule has 0 saturated carbocycles. The van der Waals surface area contributed by atoms with E-state index in [1.807, 2.05) is 0 Å². The molecule has 2 unspecified atom stereocenters. The fraction of sp³-hybridized carbons (Fsp3) is 0.600. The molecule has 0 amide bonds. The highest BCUT2D eigenvalue weighted by molar-refractivity contribution is 5.67. The first-order valence-electron chi connectivity index (χ1n) is 13.1. The summed E-state index contributed by atoms with van der Waals surface area (Å²) in [4.78, 5) is 0. The van der Waals surface area contributed by atoms with Crippen LogP contribution in [0.5, 0.6) is 0 Å². The maximum atomic E-state index is 14.8. The molecule has 3 rings (SSSR count). The minimum Gasteiger partial charge on any atom is -0.203 e. The normalized spacial score (nSPS) is 21.6. The molecule has 0 saturated heterocycles. The minimum absolute atomic E-state index is 0.468. The quantitative estimate of drug-likeness (QED) is 0.237. The van der Waals surface area contributed by atoms with Crippen LogP contribution in [-0.4, -0.2) is 0 Å². The molecule has 0 radical (unpaired) electrons. The first kappa shape index (κ1) is 24.9. The summed E-state index contributed by atoms with van der Waals surface area (Å²) < 4.78 is 29.5. The van der Waals surface area contributed by atoms with Crippen LogP contribution in [-0.2, 0) is 6.42 Å². The number of unbranched alkanes of at least 4 members (excludes halogenated alkanes) is 3. The van der Waals surface area contributed by atoms with E-state index in [1.165, 1.54) is 44.9 Å². The van der Waals surface area contributed by atoms with Gasteiger partial charge in [-0.2, -0.15) is 0 Å². The number of hydrogen-bond acceptors (Lipinski definition) is 0. The monoisotopic (exact) mass is 440 g/mol. The largest absolute Gasteiger partial charge is 0.203 e. The summed E-state index contributed by atoms with van der Waals surface area (Å²) in [5.74, 6) is -0.0161. The van der Waals surface area contributed by atoms with Crippen LogP contribution in [0.15, 0.2) is 42.0 Å². The topological polar surface area (TPSA) is 0 Å². The second kappa shape index (κ2) is 13.1. The zero-order valence-electron chi connectivity index (χ0n) is 20.3. The lowest BCUT2D eigenvalue weighted by Gasteiger charge is -2.21. The zero-order chi connectivity index (χ0) is 22.8. The van der Waals surface area contributed by atoms with Crippen molar-refractivity contribution in [3.63, 3.8) is 0 Å². The van der Waals surface area contributed by atoms with Crippen LogP contribution in [0, 0.1) is 23.5 Å². The average Bonchev–Trinajstić information content (AvgIpc) is 2.83. The maximum absolute atomic E-state index is 14.8. The van der Waals surface area contributed by atoms with Gasteiger partial charge in [0.15, 0.2) is 11.6 Å². The standard InChI is InChI=1S/C30H42F2/c1-3-5-6-7-10-24-13-15-25(16-14-24)11-8-9-12-27-21-22-28(30(32)29(27)31)26-19-17-23(4-2)18-20-26/h8,11,13,19,21-23,25H,3-7,9-10,12,14-18,20H2,1-2H3/b11-8+. The third kappa shape index (κ3) is 7.15.